The number of hydrazine groups is 1. The van der Waals surface area contributed by atoms with Crippen molar-refractivity contribution in [2.75, 3.05) is 21.2 Å². The molecule has 15 heavy (non-hydrogen) atoms. The van der Waals surface area contributed by atoms with Crippen molar-refractivity contribution in [3.8, 4) is 5.75 Å². The molecule has 0 aliphatic carbocycles. The standard InChI is InChI=1S/C10H13ClN2O2/c1-13(2)12-10(14)7-4-5-9(15-3)8(11)6-7/h4-6H,1-3H3,(H,12,14). The number of benzene rings is 1. The molecular weight excluding hydrogens is 216 g/mol. The molecule has 0 spiro atoms. The maximum absolute atomic E-state index is 11.6. The van der Waals surface area contributed by atoms with Crippen LogP contribution in [0.5, 0.6) is 5.75 Å². The lowest BCUT2D eigenvalue weighted by Crippen LogP contribution is -2.36. The van der Waals surface area contributed by atoms with Gasteiger partial charge in [-0.2, -0.15) is 0 Å². The maximum atomic E-state index is 11.6. The molecule has 0 fully saturated rings. The molecule has 0 bridgehead atoms. The number of ether oxygens (including phenoxy) is 1. The monoisotopic (exact) mass is 228 g/mol. The molecule has 1 amide bonds. The van der Waals surface area contributed by atoms with E-state index >= 15 is 0 Å². The van der Waals surface area contributed by atoms with E-state index in [0.29, 0.717) is 16.3 Å². The Morgan fingerprint density at radius 2 is 2.13 bits per heavy atom. The molecule has 0 atom stereocenters. The third-order valence-electron chi connectivity index (χ3n) is 1.74. The van der Waals surface area contributed by atoms with Crippen molar-refractivity contribution in [3.63, 3.8) is 0 Å². The van der Waals surface area contributed by atoms with Crippen LogP contribution in [-0.2, 0) is 0 Å². The lowest BCUT2D eigenvalue weighted by Gasteiger charge is -2.12. The number of hydrogen-bond acceptors (Lipinski definition) is 3. The predicted molar refractivity (Wildman–Crippen MR) is 59.2 cm³/mol. The third-order valence-corrected chi connectivity index (χ3v) is 2.03. The van der Waals surface area contributed by atoms with Crippen LogP contribution in [0.2, 0.25) is 5.02 Å². The molecule has 0 saturated heterocycles. The summed E-state index contributed by atoms with van der Waals surface area (Å²) in [5.41, 5.74) is 3.11. The van der Waals surface area contributed by atoms with Crippen LogP contribution in [0.3, 0.4) is 0 Å². The van der Waals surface area contributed by atoms with Crippen molar-refractivity contribution < 1.29 is 9.53 Å². The summed E-state index contributed by atoms with van der Waals surface area (Å²) in [6, 6.07) is 4.88. The summed E-state index contributed by atoms with van der Waals surface area (Å²) in [7, 11) is 5.01. The number of rotatable bonds is 3. The summed E-state index contributed by atoms with van der Waals surface area (Å²) in [5.74, 6) is 0.350. The minimum atomic E-state index is -0.204. The van der Waals surface area contributed by atoms with E-state index < -0.39 is 0 Å². The van der Waals surface area contributed by atoms with E-state index in [4.69, 9.17) is 16.3 Å². The topological polar surface area (TPSA) is 41.6 Å². The first-order chi connectivity index (χ1) is 7.04. The van der Waals surface area contributed by atoms with Crippen LogP contribution in [0.15, 0.2) is 18.2 Å². The predicted octanol–water partition coefficient (Wildman–Crippen LogP) is 1.55. The molecule has 0 radical (unpaired) electrons. The molecule has 5 heteroatoms. The molecule has 1 aromatic carbocycles. The molecular formula is C10H13ClN2O2. The van der Waals surface area contributed by atoms with Crippen LogP contribution in [0.4, 0.5) is 0 Å². The Balaban J connectivity index is 2.87. The molecule has 0 unspecified atom stereocenters. The number of amides is 1. The van der Waals surface area contributed by atoms with Gasteiger partial charge in [0.1, 0.15) is 5.75 Å². The lowest BCUT2D eigenvalue weighted by atomic mass is 10.2. The highest BCUT2D eigenvalue weighted by atomic mass is 35.5. The summed E-state index contributed by atoms with van der Waals surface area (Å²) in [5, 5.41) is 1.99. The van der Waals surface area contributed by atoms with E-state index in [1.165, 1.54) is 7.11 Å². The van der Waals surface area contributed by atoms with Crippen molar-refractivity contribution in [3.05, 3.63) is 28.8 Å². The zero-order valence-corrected chi connectivity index (χ0v) is 9.63. The Morgan fingerprint density at radius 1 is 1.47 bits per heavy atom. The number of nitrogens with one attached hydrogen (secondary N) is 1. The van der Waals surface area contributed by atoms with Crippen LogP contribution >= 0.6 is 11.6 Å². The normalized spacial score (nSPS) is 10.2. The number of halogens is 1. The van der Waals surface area contributed by atoms with E-state index in [2.05, 4.69) is 5.43 Å². The van der Waals surface area contributed by atoms with Gasteiger partial charge in [-0.25, -0.2) is 5.01 Å². The Labute approximate surface area is 93.7 Å². The van der Waals surface area contributed by atoms with Gasteiger partial charge >= 0.3 is 0 Å². The van der Waals surface area contributed by atoms with Crippen molar-refractivity contribution >= 4 is 17.5 Å². The first kappa shape index (κ1) is 11.8. The lowest BCUT2D eigenvalue weighted by molar-refractivity contribution is 0.0857. The van der Waals surface area contributed by atoms with E-state index in [-0.39, 0.29) is 5.91 Å². The van der Waals surface area contributed by atoms with Crippen LogP contribution < -0.4 is 10.2 Å². The van der Waals surface area contributed by atoms with Crippen LogP contribution in [-0.4, -0.2) is 32.1 Å². The number of nitrogens with zero attached hydrogens (tertiary/aromatic N) is 1. The summed E-state index contributed by atoms with van der Waals surface area (Å²) >= 11 is 5.89. The van der Waals surface area contributed by atoms with Crippen LogP contribution in [0, 0.1) is 0 Å². The van der Waals surface area contributed by atoms with Gasteiger partial charge in [-0.15, -0.1) is 0 Å². The maximum Gasteiger partial charge on any atom is 0.265 e. The van der Waals surface area contributed by atoms with Gasteiger partial charge in [0.05, 0.1) is 12.1 Å². The van der Waals surface area contributed by atoms with Crippen LogP contribution in [0.1, 0.15) is 10.4 Å². The minimum Gasteiger partial charge on any atom is -0.495 e. The summed E-state index contributed by atoms with van der Waals surface area (Å²) in [6.07, 6.45) is 0. The minimum absolute atomic E-state index is 0.204. The van der Waals surface area contributed by atoms with Gasteiger partial charge < -0.3 is 4.74 Å². The van der Waals surface area contributed by atoms with Gasteiger partial charge in [0.15, 0.2) is 0 Å². The third kappa shape index (κ3) is 3.11. The number of carbonyl (C=O) groups excluding carboxylic acids is 1. The zero-order chi connectivity index (χ0) is 11.4. The van der Waals surface area contributed by atoms with Gasteiger partial charge in [-0.3, -0.25) is 10.2 Å². The summed E-state index contributed by atoms with van der Waals surface area (Å²) < 4.78 is 4.99. The van der Waals surface area contributed by atoms with Crippen molar-refractivity contribution in [1.29, 1.82) is 0 Å². The van der Waals surface area contributed by atoms with Gasteiger partial charge in [-0.05, 0) is 18.2 Å². The second-order valence-corrected chi connectivity index (χ2v) is 3.59. The van der Waals surface area contributed by atoms with E-state index in [0.717, 1.165) is 0 Å². The first-order valence-corrected chi connectivity index (χ1v) is 4.74. The fraction of sp³-hybridized carbons (Fsp3) is 0.300. The average molecular weight is 229 g/mol. The van der Waals surface area contributed by atoms with E-state index in [9.17, 15) is 4.79 Å². The van der Waals surface area contributed by atoms with E-state index in [1.54, 1.807) is 37.3 Å². The SMILES string of the molecule is COc1ccc(C(=O)NN(C)C)cc1Cl. The fourth-order valence-electron chi connectivity index (χ4n) is 1.08. The zero-order valence-electron chi connectivity index (χ0n) is 8.87. The molecule has 0 aliphatic rings. The summed E-state index contributed by atoms with van der Waals surface area (Å²) in [4.78, 5) is 11.6. The van der Waals surface area contributed by atoms with Gasteiger partial charge in [0.25, 0.3) is 5.91 Å². The Bertz CT molecular complexity index is 366. The quantitative estimate of drug-likeness (QED) is 0.799. The number of carbonyl (C=O) groups is 1. The van der Waals surface area contributed by atoms with E-state index in [1.807, 2.05) is 0 Å². The first-order valence-electron chi connectivity index (χ1n) is 4.36. The highest BCUT2D eigenvalue weighted by molar-refractivity contribution is 6.32. The smallest absolute Gasteiger partial charge is 0.265 e. The Hall–Kier alpha value is -1.26. The van der Waals surface area contributed by atoms with Crippen LogP contribution in [0.25, 0.3) is 0 Å². The summed E-state index contributed by atoms with van der Waals surface area (Å²) in [6.45, 7) is 0. The Morgan fingerprint density at radius 3 is 2.60 bits per heavy atom. The van der Waals surface area contributed by atoms with Crippen molar-refractivity contribution in [1.82, 2.24) is 10.4 Å². The molecule has 1 aromatic rings. The number of methoxy groups -OCH3 is 1. The molecule has 0 aromatic heterocycles. The molecule has 4 nitrogen and oxygen atoms in total. The highest BCUT2D eigenvalue weighted by Gasteiger charge is 2.08. The second kappa shape index (κ2) is 5.00. The molecule has 0 aliphatic heterocycles. The molecule has 1 rings (SSSR count). The highest BCUT2D eigenvalue weighted by Crippen LogP contribution is 2.24. The van der Waals surface area contributed by atoms with Crippen molar-refractivity contribution in [2.24, 2.45) is 0 Å². The largest absolute Gasteiger partial charge is 0.495 e. The van der Waals surface area contributed by atoms with Crippen molar-refractivity contribution in [2.45, 2.75) is 0 Å². The number of hydrogen-bond donors (Lipinski definition) is 1. The molecule has 82 valence electrons. The van der Waals surface area contributed by atoms with Gasteiger partial charge in [0.2, 0.25) is 0 Å². The van der Waals surface area contributed by atoms with Gasteiger partial charge in [0, 0.05) is 19.7 Å². The molecule has 0 heterocycles. The average Bonchev–Trinajstić information content (AvgIpc) is 2.16. The van der Waals surface area contributed by atoms with Gasteiger partial charge in [-0.1, -0.05) is 11.6 Å². The Kier molecular flexibility index (Phi) is 3.94. The molecule has 0 saturated carbocycles. The fourth-order valence-corrected chi connectivity index (χ4v) is 1.33. The second-order valence-electron chi connectivity index (χ2n) is 3.18. The molecule has 1 N–H and O–H groups in total.